The largest absolute Gasteiger partial charge is 0.393 e. The zero-order valence-electron chi connectivity index (χ0n) is 11.1. The molecular formula is C15H20N2OS. The van der Waals surface area contributed by atoms with Crippen molar-refractivity contribution in [3.63, 3.8) is 0 Å². The van der Waals surface area contributed by atoms with E-state index in [9.17, 15) is 4.79 Å². The van der Waals surface area contributed by atoms with E-state index in [4.69, 9.17) is 18.0 Å². The summed E-state index contributed by atoms with van der Waals surface area (Å²) in [6.45, 7) is 1.72. The molecule has 1 amide bonds. The molecule has 1 aliphatic rings. The SMILES string of the molecule is NC(=S)Cc1ccccc1C(=O)N1CCCCCC1. The lowest BCUT2D eigenvalue weighted by Gasteiger charge is -2.21. The molecule has 0 radical (unpaired) electrons. The van der Waals surface area contributed by atoms with Crippen LogP contribution in [-0.2, 0) is 6.42 Å². The van der Waals surface area contributed by atoms with Gasteiger partial charge in [-0.2, -0.15) is 0 Å². The van der Waals surface area contributed by atoms with E-state index in [0.717, 1.165) is 37.1 Å². The van der Waals surface area contributed by atoms with Crippen molar-refractivity contribution in [2.24, 2.45) is 5.73 Å². The highest BCUT2D eigenvalue weighted by molar-refractivity contribution is 7.80. The van der Waals surface area contributed by atoms with Gasteiger partial charge in [-0.1, -0.05) is 43.3 Å². The van der Waals surface area contributed by atoms with Crippen LogP contribution in [0.4, 0.5) is 0 Å². The van der Waals surface area contributed by atoms with Gasteiger partial charge in [-0.15, -0.1) is 0 Å². The Balaban J connectivity index is 2.19. The molecule has 0 aliphatic carbocycles. The summed E-state index contributed by atoms with van der Waals surface area (Å²) in [5.74, 6) is 0.119. The number of carbonyl (C=O) groups is 1. The average Bonchev–Trinajstić information content (AvgIpc) is 2.67. The van der Waals surface area contributed by atoms with Crippen LogP contribution in [0.1, 0.15) is 41.6 Å². The molecule has 0 unspecified atom stereocenters. The Morgan fingerprint density at radius 2 is 1.79 bits per heavy atom. The van der Waals surface area contributed by atoms with Crippen LogP contribution in [0.3, 0.4) is 0 Å². The smallest absolute Gasteiger partial charge is 0.254 e. The van der Waals surface area contributed by atoms with Crippen LogP contribution in [0.2, 0.25) is 0 Å². The minimum atomic E-state index is 0.119. The van der Waals surface area contributed by atoms with Gasteiger partial charge < -0.3 is 10.6 Å². The van der Waals surface area contributed by atoms with E-state index in [0.29, 0.717) is 11.4 Å². The fourth-order valence-corrected chi connectivity index (χ4v) is 2.67. The van der Waals surface area contributed by atoms with Gasteiger partial charge in [0.1, 0.15) is 0 Å². The Labute approximate surface area is 119 Å². The monoisotopic (exact) mass is 276 g/mol. The van der Waals surface area contributed by atoms with Crippen molar-refractivity contribution in [3.8, 4) is 0 Å². The van der Waals surface area contributed by atoms with E-state index in [1.54, 1.807) is 0 Å². The summed E-state index contributed by atoms with van der Waals surface area (Å²) in [6.07, 6.45) is 5.13. The first-order valence-electron chi connectivity index (χ1n) is 6.84. The average molecular weight is 276 g/mol. The quantitative estimate of drug-likeness (QED) is 0.863. The third kappa shape index (κ3) is 3.77. The molecule has 1 heterocycles. The first-order valence-corrected chi connectivity index (χ1v) is 7.25. The second-order valence-electron chi connectivity index (χ2n) is 5.01. The molecular weight excluding hydrogens is 256 g/mol. The van der Waals surface area contributed by atoms with Crippen LogP contribution in [0.15, 0.2) is 24.3 Å². The third-order valence-corrected chi connectivity index (χ3v) is 3.65. The maximum Gasteiger partial charge on any atom is 0.254 e. The van der Waals surface area contributed by atoms with Crippen LogP contribution in [0.25, 0.3) is 0 Å². The standard InChI is InChI=1S/C15H20N2OS/c16-14(19)11-12-7-3-4-8-13(12)15(18)17-9-5-1-2-6-10-17/h3-4,7-8H,1-2,5-6,9-11H2,(H2,16,19). The predicted molar refractivity (Wildman–Crippen MR) is 81.3 cm³/mol. The molecule has 0 aromatic heterocycles. The molecule has 2 rings (SSSR count). The molecule has 0 saturated carbocycles. The van der Waals surface area contributed by atoms with Crippen molar-refractivity contribution < 1.29 is 4.79 Å². The van der Waals surface area contributed by atoms with E-state index in [1.165, 1.54) is 12.8 Å². The number of hydrogen-bond donors (Lipinski definition) is 1. The van der Waals surface area contributed by atoms with Crippen molar-refractivity contribution in [2.45, 2.75) is 32.1 Å². The number of rotatable bonds is 3. The molecule has 2 N–H and O–H groups in total. The molecule has 3 nitrogen and oxygen atoms in total. The zero-order chi connectivity index (χ0) is 13.7. The summed E-state index contributed by atoms with van der Waals surface area (Å²) in [5.41, 5.74) is 7.29. The third-order valence-electron chi connectivity index (χ3n) is 3.51. The highest BCUT2D eigenvalue weighted by Gasteiger charge is 2.19. The summed E-state index contributed by atoms with van der Waals surface area (Å²) in [7, 11) is 0. The lowest BCUT2D eigenvalue weighted by atomic mass is 10.0. The number of thiocarbonyl (C=S) groups is 1. The van der Waals surface area contributed by atoms with Crippen LogP contribution in [-0.4, -0.2) is 28.9 Å². The minimum Gasteiger partial charge on any atom is -0.393 e. The van der Waals surface area contributed by atoms with Gasteiger partial charge in [0, 0.05) is 25.1 Å². The fraction of sp³-hybridized carbons (Fsp3) is 0.467. The normalized spacial score (nSPS) is 15.9. The number of benzene rings is 1. The summed E-state index contributed by atoms with van der Waals surface area (Å²) < 4.78 is 0. The zero-order valence-corrected chi connectivity index (χ0v) is 11.9. The summed E-state index contributed by atoms with van der Waals surface area (Å²) in [4.78, 5) is 15.0. The van der Waals surface area contributed by atoms with Crippen LogP contribution in [0.5, 0.6) is 0 Å². The molecule has 102 valence electrons. The van der Waals surface area contributed by atoms with Gasteiger partial charge in [-0.05, 0) is 24.5 Å². The van der Waals surface area contributed by atoms with Crippen molar-refractivity contribution in [2.75, 3.05) is 13.1 Å². The molecule has 1 aliphatic heterocycles. The van der Waals surface area contributed by atoms with E-state index in [2.05, 4.69) is 0 Å². The summed E-state index contributed by atoms with van der Waals surface area (Å²) in [5, 5.41) is 0. The van der Waals surface area contributed by atoms with Crippen molar-refractivity contribution in [1.82, 2.24) is 4.90 Å². The highest BCUT2D eigenvalue weighted by atomic mass is 32.1. The molecule has 0 atom stereocenters. The Bertz CT molecular complexity index is 465. The summed E-state index contributed by atoms with van der Waals surface area (Å²) >= 11 is 4.95. The number of likely N-dealkylation sites (tertiary alicyclic amines) is 1. The van der Waals surface area contributed by atoms with Crippen molar-refractivity contribution in [3.05, 3.63) is 35.4 Å². The lowest BCUT2D eigenvalue weighted by molar-refractivity contribution is 0.0761. The number of carbonyl (C=O) groups excluding carboxylic acids is 1. The summed E-state index contributed by atoms with van der Waals surface area (Å²) in [6, 6.07) is 7.63. The van der Waals surface area contributed by atoms with E-state index in [1.807, 2.05) is 29.2 Å². The van der Waals surface area contributed by atoms with Gasteiger partial charge >= 0.3 is 0 Å². The van der Waals surface area contributed by atoms with Gasteiger partial charge in [0.2, 0.25) is 0 Å². The molecule has 1 aromatic carbocycles. The molecule has 4 heteroatoms. The molecule has 19 heavy (non-hydrogen) atoms. The van der Waals surface area contributed by atoms with Crippen molar-refractivity contribution >= 4 is 23.1 Å². The Morgan fingerprint density at radius 3 is 2.42 bits per heavy atom. The maximum absolute atomic E-state index is 12.6. The van der Waals surface area contributed by atoms with Crippen LogP contribution in [0, 0.1) is 0 Å². The second-order valence-corrected chi connectivity index (χ2v) is 5.53. The molecule has 1 fully saturated rings. The lowest BCUT2D eigenvalue weighted by Crippen LogP contribution is -2.32. The topological polar surface area (TPSA) is 46.3 Å². The molecule has 0 bridgehead atoms. The Morgan fingerprint density at radius 1 is 1.16 bits per heavy atom. The van der Waals surface area contributed by atoms with Crippen LogP contribution >= 0.6 is 12.2 Å². The number of nitrogens with two attached hydrogens (primary N) is 1. The van der Waals surface area contributed by atoms with E-state index >= 15 is 0 Å². The van der Waals surface area contributed by atoms with Crippen molar-refractivity contribution in [1.29, 1.82) is 0 Å². The Hall–Kier alpha value is -1.42. The van der Waals surface area contributed by atoms with Gasteiger partial charge in [0.05, 0.1) is 4.99 Å². The van der Waals surface area contributed by atoms with E-state index in [-0.39, 0.29) is 5.91 Å². The second kappa shape index (κ2) is 6.66. The number of nitrogens with zero attached hydrogens (tertiary/aromatic N) is 1. The maximum atomic E-state index is 12.6. The minimum absolute atomic E-state index is 0.119. The molecule has 1 saturated heterocycles. The van der Waals surface area contributed by atoms with Gasteiger partial charge in [0.25, 0.3) is 5.91 Å². The molecule has 1 aromatic rings. The number of amides is 1. The fourth-order valence-electron chi connectivity index (χ4n) is 2.51. The Kier molecular flexibility index (Phi) is 4.91. The number of hydrogen-bond acceptors (Lipinski definition) is 2. The van der Waals surface area contributed by atoms with Gasteiger partial charge in [-0.3, -0.25) is 4.79 Å². The van der Waals surface area contributed by atoms with Gasteiger partial charge in [-0.25, -0.2) is 0 Å². The first-order chi connectivity index (χ1) is 9.18. The highest BCUT2D eigenvalue weighted by Crippen LogP contribution is 2.16. The first kappa shape index (κ1) is 14.0. The van der Waals surface area contributed by atoms with E-state index < -0.39 is 0 Å². The van der Waals surface area contributed by atoms with Gasteiger partial charge in [0.15, 0.2) is 0 Å². The molecule has 0 spiro atoms. The van der Waals surface area contributed by atoms with Crippen LogP contribution < -0.4 is 5.73 Å². The predicted octanol–water partition coefficient (Wildman–Crippen LogP) is 2.53.